The highest BCUT2D eigenvalue weighted by Gasteiger charge is 2.31. The van der Waals surface area contributed by atoms with E-state index in [4.69, 9.17) is 0 Å². The molecule has 116 valence electrons. The first-order valence-corrected chi connectivity index (χ1v) is 8.03. The maximum Gasteiger partial charge on any atom is 0.246 e. The van der Waals surface area contributed by atoms with Crippen LogP contribution in [-0.4, -0.2) is 49.7 Å². The summed E-state index contributed by atoms with van der Waals surface area (Å²) in [6.07, 6.45) is 0.360. The Balaban J connectivity index is 2.17. The minimum absolute atomic E-state index is 0.0417. The summed E-state index contributed by atoms with van der Waals surface area (Å²) in [5, 5.41) is 0. The van der Waals surface area contributed by atoms with Crippen molar-refractivity contribution in [2.45, 2.75) is 18.2 Å². The van der Waals surface area contributed by atoms with E-state index in [0.29, 0.717) is 12.5 Å². The third kappa shape index (κ3) is 3.21. The molecule has 1 amide bonds. The second-order valence-electron chi connectivity index (χ2n) is 4.71. The Morgan fingerprint density at radius 1 is 1.19 bits per heavy atom. The monoisotopic (exact) mass is 318 g/mol. The third-order valence-electron chi connectivity index (χ3n) is 3.41. The number of carbonyl (C=O) groups is 1. The lowest BCUT2D eigenvalue weighted by molar-refractivity contribution is -0.132. The summed E-state index contributed by atoms with van der Waals surface area (Å²) in [6, 6.07) is 2.38. The molecule has 1 aliphatic rings. The minimum Gasteiger partial charge on any atom is -0.340 e. The number of hydrogen-bond acceptors (Lipinski definition) is 3. The maximum absolute atomic E-state index is 13.7. The molecule has 5 nitrogen and oxygen atoms in total. The van der Waals surface area contributed by atoms with Crippen molar-refractivity contribution in [3.63, 3.8) is 0 Å². The first-order chi connectivity index (χ1) is 9.86. The van der Waals surface area contributed by atoms with Crippen LogP contribution in [0.4, 0.5) is 8.78 Å². The molecule has 21 heavy (non-hydrogen) atoms. The number of carbonyl (C=O) groups excluding carboxylic acids is 1. The van der Waals surface area contributed by atoms with Crippen LogP contribution in [0.3, 0.4) is 0 Å². The predicted octanol–water partition coefficient (Wildman–Crippen LogP) is 1.21. The fourth-order valence-electron chi connectivity index (χ4n) is 2.22. The van der Waals surface area contributed by atoms with E-state index in [9.17, 15) is 22.0 Å². The first-order valence-electron chi connectivity index (χ1n) is 6.59. The Hall–Kier alpha value is -1.54. The molecule has 0 saturated carbocycles. The predicted molar refractivity (Wildman–Crippen MR) is 72.0 cm³/mol. The van der Waals surface area contributed by atoms with Gasteiger partial charge in [-0.1, -0.05) is 6.92 Å². The number of hydrogen-bond donors (Lipinski definition) is 0. The molecule has 2 rings (SSSR count). The van der Waals surface area contributed by atoms with Gasteiger partial charge in [0.1, 0.15) is 16.5 Å². The van der Waals surface area contributed by atoms with E-state index in [1.165, 1.54) is 0 Å². The van der Waals surface area contributed by atoms with Gasteiger partial charge in [-0.3, -0.25) is 4.79 Å². The van der Waals surface area contributed by atoms with Crippen LogP contribution in [0, 0.1) is 11.6 Å². The smallest absolute Gasteiger partial charge is 0.246 e. The quantitative estimate of drug-likeness (QED) is 0.842. The van der Waals surface area contributed by atoms with E-state index in [-0.39, 0.29) is 32.1 Å². The van der Waals surface area contributed by atoms with Crippen LogP contribution in [0.2, 0.25) is 0 Å². The zero-order valence-electron chi connectivity index (χ0n) is 11.6. The van der Waals surface area contributed by atoms with E-state index >= 15 is 0 Å². The molecular weight excluding hydrogens is 302 g/mol. The largest absolute Gasteiger partial charge is 0.340 e. The van der Waals surface area contributed by atoms with Gasteiger partial charge in [-0.2, -0.15) is 4.31 Å². The van der Waals surface area contributed by atoms with Crippen molar-refractivity contribution in [3.05, 3.63) is 29.8 Å². The molecule has 1 fully saturated rings. The maximum atomic E-state index is 13.7. The lowest BCUT2D eigenvalue weighted by Gasteiger charge is -2.33. The van der Waals surface area contributed by atoms with Crippen LogP contribution in [0.15, 0.2) is 23.1 Å². The summed E-state index contributed by atoms with van der Waals surface area (Å²) in [7, 11) is -4.01. The Morgan fingerprint density at radius 3 is 2.33 bits per heavy atom. The highest BCUT2D eigenvalue weighted by Crippen LogP contribution is 2.21. The van der Waals surface area contributed by atoms with Crippen molar-refractivity contribution in [2.24, 2.45) is 0 Å². The van der Waals surface area contributed by atoms with Crippen LogP contribution < -0.4 is 0 Å². The normalized spacial score (nSPS) is 17.0. The second kappa shape index (κ2) is 6.07. The SMILES string of the molecule is CCC(=O)N1CCN(S(=O)(=O)c2ccc(F)cc2F)CC1. The summed E-state index contributed by atoms with van der Waals surface area (Å²) in [5.41, 5.74) is 0. The van der Waals surface area contributed by atoms with Crippen molar-refractivity contribution in [2.75, 3.05) is 26.2 Å². The van der Waals surface area contributed by atoms with Crippen molar-refractivity contribution < 1.29 is 22.0 Å². The van der Waals surface area contributed by atoms with Gasteiger partial charge in [0.25, 0.3) is 0 Å². The van der Waals surface area contributed by atoms with Gasteiger partial charge in [0, 0.05) is 38.7 Å². The molecule has 0 atom stereocenters. The van der Waals surface area contributed by atoms with Crippen LogP contribution in [0.5, 0.6) is 0 Å². The number of amides is 1. The van der Waals surface area contributed by atoms with Crippen molar-refractivity contribution >= 4 is 15.9 Å². The fourth-order valence-corrected chi connectivity index (χ4v) is 3.69. The molecule has 0 N–H and O–H groups in total. The Kier molecular flexibility index (Phi) is 4.58. The van der Waals surface area contributed by atoms with Crippen LogP contribution >= 0.6 is 0 Å². The molecule has 0 radical (unpaired) electrons. The van der Waals surface area contributed by atoms with Crippen LogP contribution in [0.1, 0.15) is 13.3 Å². The molecule has 0 bridgehead atoms. The summed E-state index contributed by atoms with van der Waals surface area (Å²) in [4.78, 5) is 12.6. The van der Waals surface area contributed by atoms with Gasteiger partial charge in [0.2, 0.25) is 15.9 Å². The van der Waals surface area contributed by atoms with Gasteiger partial charge in [0.05, 0.1) is 0 Å². The number of rotatable bonds is 3. The zero-order chi connectivity index (χ0) is 15.6. The van der Waals surface area contributed by atoms with Gasteiger partial charge >= 0.3 is 0 Å². The molecule has 1 heterocycles. The molecule has 0 spiro atoms. The van der Waals surface area contributed by atoms with E-state index in [2.05, 4.69) is 0 Å². The summed E-state index contributed by atoms with van der Waals surface area (Å²) < 4.78 is 52.3. The van der Waals surface area contributed by atoms with Crippen molar-refractivity contribution in [3.8, 4) is 0 Å². The van der Waals surface area contributed by atoms with Gasteiger partial charge in [-0.05, 0) is 12.1 Å². The van der Waals surface area contributed by atoms with Gasteiger partial charge in [-0.25, -0.2) is 17.2 Å². The minimum atomic E-state index is -4.01. The molecule has 0 unspecified atom stereocenters. The molecule has 8 heteroatoms. The van der Waals surface area contributed by atoms with Gasteiger partial charge < -0.3 is 4.90 Å². The van der Waals surface area contributed by atoms with E-state index in [1.807, 2.05) is 0 Å². The molecule has 1 aromatic carbocycles. The Labute approximate surface area is 122 Å². The standard InChI is InChI=1S/C13H16F2N2O3S/c1-2-13(18)16-5-7-17(8-6-16)21(19,20)12-4-3-10(14)9-11(12)15/h3-4,9H,2,5-8H2,1H3. The summed E-state index contributed by atoms with van der Waals surface area (Å²) in [6.45, 7) is 2.48. The number of benzene rings is 1. The Morgan fingerprint density at radius 2 is 1.81 bits per heavy atom. The molecule has 1 aromatic rings. The number of sulfonamides is 1. The summed E-state index contributed by atoms with van der Waals surface area (Å²) in [5.74, 6) is -1.98. The van der Waals surface area contributed by atoms with Crippen molar-refractivity contribution in [1.29, 1.82) is 0 Å². The second-order valence-corrected chi connectivity index (χ2v) is 6.62. The number of halogens is 2. The van der Waals surface area contributed by atoms with E-state index in [1.54, 1.807) is 11.8 Å². The lowest BCUT2D eigenvalue weighted by Crippen LogP contribution is -2.50. The first kappa shape index (κ1) is 15.8. The number of nitrogens with zero attached hydrogens (tertiary/aromatic N) is 2. The molecule has 1 saturated heterocycles. The van der Waals surface area contributed by atoms with Crippen LogP contribution in [0.25, 0.3) is 0 Å². The highest BCUT2D eigenvalue weighted by molar-refractivity contribution is 7.89. The third-order valence-corrected chi connectivity index (χ3v) is 5.34. The fraction of sp³-hybridized carbons (Fsp3) is 0.462. The average Bonchev–Trinajstić information content (AvgIpc) is 2.46. The average molecular weight is 318 g/mol. The lowest BCUT2D eigenvalue weighted by atomic mass is 10.3. The van der Waals surface area contributed by atoms with E-state index < -0.39 is 26.6 Å². The molecule has 0 aromatic heterocycles. The topological polar surface area (TPSA) is 57.7 Å². The van der Waals surface area contributed by atoms with Gasteiger partial charge in [0.15, 0.2) is 0 Å². The molecule has 1 aliphatic heterocycles. The van der Waals surface area contributed by atoms with E-state index in [0.717, 1.165) is 16.4 Å². The van der Waals surface area contributed by atoms with Gasteiger partial charge in [-0.15, -0.1) is 0 Å². The molecule has 0 aliphatic carbocycles. The summed E-state index contributed by atoms with van der Waals surface area (Å²) >= 11 is 0. The van der Waals surface area contributed by atoms with Crippen LogP contribution in [-0.2, 0) is 14.8 Å². The van der Waals surface area contributed by atoms with Crippen molar-refractivity contribution in [1.82, 2.24) is 9.21 Å². The number of piperazine rings is 1. The Bertz CT molecular complexity index is 641. The zero-order valence-corrected chi connectivity index (χ0v) is 12.4. The molecular formula is C13H16F2N2O3S. The highest BCUT2D eigenvalue weighted by atomic mass is 32.2.